The molecule has 0 fully saturated rings. The molecule has 0 nitrogen and oxygen atoms in total. The standard InChI is InChI=1S/C24H35P/c1-6-7-8-9-10-11-16-25(23-14-12-19(2)17-21(23)4)24-15-13-20(3)18-22(24)5/h12-15,17-18H,6-11,16H2,1-5H3. The van der Waals surface area contributed by atoms with E-state index < -0.39 is 0 Å². The van der Waals surface area contributed by atoms with E-state index in [0.29, 0.717) is 0 Å². The van der Waals surface area contributed by atoms with Crippen LogP contribution in [0.4, 0.5) is 0 Å². The number of rotatable bonds is 9. The molecule has 0 spiro atoms. The second kappa shape index (κ2) is 10.1. The van der Waals surface area contributed by atoms with Crippen LogP contribution in [0.25, 0.3) is 0 Å². The second-order valence-corrected chi connectivity index (χ2v) is 9.77. The molecule has 25 heavy (non-hydrogen) atoms. The monoisotopic (exact) mass is 354 g/mol. The predicted molar refractivity (Wildman–Crippen MR) is 116 cm³/mol. The lowest BCUT2D eigenvalue weighted by atomic mass is 10.1. The van der Waals surface area contributed by atoms with Gasteiger partial charge in [0.25, 0.3) is 0 Å². The van der Waals surface area contributed by atoms with Crippen molar-refractivity contribution in [1.82, 2.24) is 0 Å². The maximum absolute atomic E-state index is 2.40. The molecule has 1 heteroatoms. The van der Waals surface area contributed by atoms with Gasteiger partial charge in [0.2, 0.25) is 0 Å². The molecule has 0 N–H and O–H groups in total. The Bertz CT molecular complexity index is 620. The lowest BCUT2D eigenvalue weighted by molar-refractivity contribution is 0.626. The van der Waals surface area contributed by atoms with E-state index in [4.69, 9.17) is 0 Å². The summed E-state index contributed by atoms with van der Waals surface area (Å²) in [7, 11) is -0.242. The lowest BCUT2D eigenvalue weighted by Crippen LogP contribution is -2.19. The summed E-state index contributed by atoms with van der Waals surface area (Å²) in [5.41, 5.74) is 5.68. The van der Waals surface area contributed by atoms with Crippen LogP contribution in [0.15, 0.2) is 36.4 Å². The third kappa shape index (κ3) is 5.96. The van der Waals surface area contributed by atoms with Crippen molar-refractivity contribution in [2.45, 2.75) is 73.1 Å². The topological polar surface area (TPSA) is 0 Å². The quantitative estimate of drug-likeness (QED) is 0.346. The van der Waals surface area contributed by atoms with Gasteiger partial charge in [0.05, 0.1) is 0 Å². The molecule has 2 aromatic carbocycles. The average Bonchev–Trinajstić information content (AvgIpc) is 2.56. The van der Waals surface area contributed by atoms with E-state index in [1.807, 2.05) is 0 Å². The van der Waals surface area contributed by atoms with E-state index in [1.54, 1.807) is 10.6 Å². The van der Waals surface area contributed by atoms with Gasteiger partial charge in [-0.1, -0.05) is 86.6 Å². The minimum absolute atomic E-state index is 0.242. The number of hydrogen-bond acceptors (Lipinski definition) is 0. The summed E-state index contributed by atoms with van der Waals surface area (Å²) >= 11 is 0. The van der Waals surface area contributed by atoms with Gasteiger partial charge in [0.15, 0.2) is 0 Å². The molecule has 0 aromatic heterocycles. The van der Waals surface area contributed by atoms with Crippen LogP contribution in [-0.2, 0) is 0 Å². The van der Waals surface area contributed by atoms with Crippen LogP contribution in [-0.4, -0.2) is 6.16 Å². The molecule has 0 bridgehead atoms. The normalized spacial score (nSPS) is 11.3. The zero-order chi connectivity index (χ0) is 18.2. The molecule has 2 aromatic rings. The molecular weight excluding hydrogens is 319 g/mol. The molecule has 0 atom stereocenters. The molecule has 0 unspecified atom stereocenters. The zero-order valence-electron chi connectivity index (χ0n) is 16.9. The predicted octanol–water partition coefficient (Wildman–Crippen LogP) is 6.71. The van der Waals surface area contributed by atoms with E-state index in [0.717, 1.165) is 0 Å². The molecule has 0 heterocycles. The van der Waals surface area contributed by atoms with Crippen LogP contribution in [0.2, 0.25) is 0 Å². The van der Waals surface area contributed by atoms with Crippen molar-refractivity contribution < 1.29 is 0 Å². The smallest absolute Gasteiger partial charge is 0.0166 e. The van der Waals surface area contributed by atoms with Gasteiger partial charge in [-0.25, -0.2) is 0 Å². The fourth-order valence-corrected chi connectivity index (χ4v) is 6.41. The molecule has 0 aliphatic heterocycles. The number of aryl methyl sites for hydroxylation is 4. The molecule has 136 valence electrons. The Morgan fingerprint density at radius 1 is 0.640 bits per heavy atom. The Morgan fingerprint density at radius 2 is 1.12 bits per heavy atom. The number of unbranched alkanes of at least 4 members (excludes halogenated alkanes) is 5. The summed E-state index contributed by atoms with van der Waals surface area (Å²) in [6, 6.07) is 14.1. The highest BCUT2D eigenvalue weighted by Gasteiger charge is 2.17. The fourth-order valence-electron chi connectivity index (χ4n) is 3.64. The maximum Gasteiger partial charge on any atom is -0.0166 e. The van der Waals surface area contributed by atoms with Crippen molar-refractivity contribution in [2.24, 2.45) is 0 Å². The van der Waals surface area contributed by atoms with Crippen LogP contribution in [0.5, 0.6) is 0 Å². The van der Waals surface area contributed by atoms with E-state index in [-0.39, 0.29) is 7.92 Å². The van der Waals surface area contributed by atoms with Crippen molar-refractivity contribution in [3.63, 3.8) is 0 Å². The number of hydrogen-bond donors (Lipinski definition) is 0. The molecule has 0 amide bonds. The summed E-state index contributed by atoms with van der Waals surface area (Å²) in [6.07, 6.45) is 9.60. The van der Waals surface area contributed by atoms with Crippen LogP contribution in [0, 0.1) is 27.7 Å². The van der Waals surface area contributed by atoms with Crippen LogP contribution < -0.4 is 10.6 Å². The van der Waals surface area contributed by atoms with Crippen molar-refractivity contribution in [3.8, 4) is 0 Å². The van der Waals surface area contributed by atoms with Crippen molar-refractivity contribution in [1.29, 1.82) is 0 Å². The third-order valence-electron chi connectivity index (χ3n) is 5.02. The SMILES string of the molecule is CCCCCCCCP(c1ccc(C)cc1C)c1ccc(C)cc1C. The first-order valence-corrected chi connectivity index (χ1v) is 11.5. The summed E-state index contributed by atoms with van der Waals surface area (Å²) in [5.74, 6) is 0. The van der Waals surface area contributed by atoms with Gasteiger partial charge >= 0.3 is 0 Å². The van der Waals surface area contributed by atoms with Gasteiger partial charge in [-0.2, -0.15) is 0 Å². The molecule has 0 radical (unpaired) electrons. The van der Waals surface area contributed by atoms with E-state index >= 15 is 0 Å². The van der Waals surface area contributed by atoms with Crippen molar-refractivity contribution >= 4 is 18.5 Å². The molecule has 0 aliphatic carbocycles. The Kier molecular flexibility index (Phi) is 8.17. The van der Waals surface area contributed by atoms with E-state index in [1.165, 1.54) is 66.9 Å². The molecule has 0 saturated heterocycles. The van der Waals surface area contributed by atoms with Gasteiger partial charge in [-0.3, -0.25) is 0 Å². The lowest BCUT2D eigenvalue weighted by Gasteiger charge is -2.23. The first-order chi connectivity index (χ1) is 12.0. The average molecular weight is 355 g/mol. The van der Waals surface area contributed by atoms with Crippen LogP contribution >= 0.6 is 7.92 Å². The summed E-state index contributed by atoms with van der Waals surface area (Å²) < 4.78 is 0. The third-order valence-corrected chi connectivity index (χ3v) is 7.95. The number of benzene rings is 2. The Hall–Kier alpha value is -1.13. The fraction of sp³-hybridized carbons (Fsp3) is 0.500. The van der Waals surface area contributed by atoms with E-state index in [9.17, 15) is 0 Å². The summed E-state index contributed by atoms with van der Waals surface area (Å²) in [4.78, 5) is 0. The zero-order valence-corrected chi connectivity index (χ0v) is 17.8. The highest BCUT2D eigenvalue weighted by molar-refractivity contribution is 7.73. The van der Waals surface area contributed by atoms with Gasteiger partial charge in [-0.15, -0.1) is 0 Å². The van der Waals surface area contributed by atoms with Crippen LogP contribution in [0.3, 0.4) is 0 Å². The Morgan fingerprint density at radius 3 is 1.60 bits per heavy atom. The Labute approximate surface area is 156 Å². The second-order valence-electron chi connectivity index (χ2n) is 7.50. The van der Waals surface area contributed by atoms with Gasteiger partial charge in [0, 0.05) is 0 Å². The van der Waals surface area contributed by atoms with Gasteiger partial charge in [-0.05, 0) is 69.9 Å². The van der Waals surface area contributed by atoms with Gasteiger partial charge < -0.3 is 0 Å². The minimum atomic E-state index is -0.242. The van der Waals surface area contributed by atoms with Crippen molar-refractivity contribution in [3.05, 3.63) is 58.7 Å². The van der Waals surface area contributed by atoms with E-state index in [2.05, 4.69) is 71.0 Å². The molecule has 2 rings (SSSR count). The minimum Gasteiger partial charge on any atom is -0.0654 e. The van der Waals surface area contributed by atoms with Gasteiger partial charge in [0.1, 0.15) is 0 Å². The van der Waals surface area contributed by atoms with Crippen molar-refractivity contribution in [2.75, 3.05) is 6.16 Å². The van der Waals surface area contributed by atoms with Crippen LogP contribution in [0.1, 0.15) is 67.7 Å². The Balaban J connectivity index is 2.19. The highest BCUT2D eigenvalue weighted by Crippen LogP contribution is 2.37. The highest BCUT2D eigenvalue weighted by atomic mass is 31.1. The summed E-state index contributed by atoms with van der Waals surface area (Å²) in [6.45, 7) is 11.3. The first kappa shape index (κ1) is 20.2. The first-order valence-electron chi connectivity index (χ1n) is 9.95. The molecule has 0 aliphatic rings. The molecular formula is C24H35P. The summed E-state index contributed by atoms with van der Waals surface area (Å²) in [5, 5.41) is 3.17. The largest absolute Gasteiger partial charge is 0.0654 e. The molecule has 0 saturated carbocycles. The maximum atomic E-state index is 2.40.